The van der Waals surface area contributed by atoms with Crippen molar-refractivity contribution in [1.29, 1.82) is 0 Å². The van der Waals surface area contributed by atoms with Gasteiger partial charge in [0.1, 0.15) is 0 Å². The fraction of sp³-hybridized carbons (Fsp3) is 0.900. The molecule has 1 aliphatic rings. The maximum Gasteiger partial charge on any atom is 0.222 e. The molecule has 1 heterocycles. The van der Waals surface area contributed by atoms with Gasteiger partial charge in [0.05, 0.1) is 0 Å². The highest BCUT2D eigenvalue weighted by atomic mass is 16.2. The van der Waals surface area contributed by atoms with E-state index in [0.717, 1.165) is 32.5 Å². The first-order valence-corrected chi connectivity index (χ1v) is 5.09. The van der Waals surface area contributed by atoms with Gasteiger partial charge in [-0.1, -0.05) is 13.8 Å². The van der Waals surface area contributed by atoms with Gasteiger partial charge in [0.15, 0.2) is 0 Å². The normalized spacial score (nSPS) is 21.6. The van der Waals surface area contributed by atoms with Gasteiger partial charge < -0.3 is 10.6 Å². The summed E-state index contributed by atoms with van der Waals surface area (Å²) < 4.78 is 0. The van der Waals surface area contributed by atoms with Crippen molar-refractivity contribution < 1.29 is 4.79 Å². The molecule has 0 aliphatic carbocycles. The Hall–Kier alpha value is -0.570. The highest BCUT2D eigenvalue weighted by molar-refractivity contribution is 5.75. The van der Waals surface area contributed by atoms with E-state index in [1.165, 1.54) is 0 Å². The van der Waals surface area contributed by atoms with Crippen molar-refractivity contribution in [1.82, 2.24) is 4.90 Å². The van der Waals surface area contributed by atoms with Crippen molar-refractivity contribution in [2.45, 2.75) is 33.1 Å². The van der Waals surface area contributed by atoms with Crippen LogP contribution in [0.1, 0.15) is 33.1 Å². The predicted octanol–water partition coefficient (Wildman–Crippen LogP) is 0.984. The van der Waals surface area contributed by atoms with Crippen molar-refractivity contribution in [3.05, 3.63) is 0 Å². The van der Waals surface area contributed by atoms with E-state index in [9.17, 15) is 4.79 Å². The van der Waals surface area contributed by atoms with Crippen LogP contribution in [0.2, 0.25) is 0 Å². The second-order valence-electron chi connectivity index (χ2n) is 4.25. The first-order chi connectivity index (χ1) is 6.11. The maximum absolute atomic E-state index is 11.4. The summed E-state index contributed by atoms with van der Waals surface area (Å²) in [6.45, 7) is 6.64. The lowest BCUT2D eigenvalue weighted by Crippen LogP contribution is -2.44. The summed E-state index contributed by atoms with van der Waals surface area (Å²) >= 11 is 0. The van der Waals surface area contributed by atoms with Crippen LogP contribution in [0.3, 0.4) is 0 Å². The van der Waals surface area contributed by atoms with E-state index in [4.69, 9.17) is 5.73 Å². The molecule has 0 atom stereocenters. The average Bonchev–Trinajstić information content (AvgIpc) is 2.18. The van der Waals surface area contributed by atoms with Gasteiger partial charge in [0, 0.05) is 19.5 Å². The number of likely N-dealkylation sites (tertiary alicyclic amines) is 1. The molecule has 0 aromatic rings. The van der Waals surface area contributed by atoms with Gasteiger partial charge in [-0.15, -0.1) is 0 Å². The molecule has 13 heavy (non-hydrogen) atoms. The average molecular weight is 184 g/mol. The number of carbonyl (C=O) groups is 1. The second-order valence-corrected chi connectivity index (χ2v) is 4.25. The Bertz CT molecular complexity index is 183. The summed E-state index contributed by atoms with van der Waals surface area (Å²) in [5.74, 6) is 0.277. The van der Waals surface area contributed by atoms with Crippen LogP contribution in [-0.2, 0) is 4.79 Å². The summed E-state index contributed by atoms with van der Waals surface area (Å²) in [5, 5.41) is 0. The van der Waals surface area contributed by atoms with E-state index in [0.29, 0.717) is 6.42 Å². The Balaban J connectivity index is 2.43. The zero-order valence-electron chi connectivity index (χ0n) is 8.68. The van der Waals surface area contributed by atoms with E-state index in [2.05, 4.69) is 6.92 Å². The molecule has 1 amide bonds. The summed E-state index contributed by atoms with van der Waals surface area (Å²) in [4.78, 5) is 13.3. The topological polar surface area (TPSA) is 46.3 Å². The van der Waals surface area contributed by atoms with Crippen molar-refractivity contribution >= 4 is 5.91 Å². The number of nitrogens with two attached hydrogens (primary N) is 1. The second kappa shape index (κ2) is 4.09. The minimum absolute atomic E-state index is 0.268. The number of hydrogen-bond donors (Lipinski definition) is 1. The largest absolute Gasteiger partial charge is 0.343 e. The standard InChI is InChI=1S/C10H20N2O/c1-3-9(13)12-6-4-10(2,8-11)5-7-12/h3-8,11H2,1-2H3. The van der Waals surface area contributed by atoms with Crippen LogP contribution in [0.4, 0.5) is 0 Å². The third-order valence-electron chi connectivity index (χ3n) is 3.12. The summed E-state index contributed by atoms with van der Waals surface area (Å²) in [6.07, 6.45) is 2.73. The zero-order chi connectivity index (χ0) is 9.90. The SMILES string of the molecule is CCC(=O)N1CCC(C)(CN)CC1. The third kappa shape index (κ3) is 2.44. The van der Waals surface area contributed by atoms with Gasteiger partial charge in [0.2, 0.25) is 5.91 Å². The molecular weight excluding hydrogens is 164 g/mol. The fourth-order valence-electron chi connectivity index (χ4n) is 1.72. The molecule has 76 valence electrons. The van der Waals surface area contributed by atoms with E-state index in [-0.39, 0.29) is 11.3 Å². The minimum atomic E-state index is 0.268. The highest BCUT2D eigenvalue weighted by Crippen LogP contribution is 2.29. The molecule has 0 radical (unpaired) electrons. The number of hydrogen-bond acceptors (Lipinski definition) is 2. The Morgan fingerprint density at radius 2 is 2.00 bits per heavy atom. The molecule has 1 fully saturated rings. The molecular formula is C10H20N2O. The van der Waals surface area contributed by atoms with Crippen molar-refractivity contribution in [3.8, 4) is 0 Å². The van der Waals surface area contributed by atoms with Gasteiger partial charge in [-0.3, -0.25) is 4.79 Å². The Labute approximate surface area is 80.3 Å². The van der Waals surface area contributed by atoms with Gasteiger partial charge in [-0.05, 0) is 24.8 Å². The molecule has 1 aliphatic heterocycles. The Morgan fingerprint density at radius 1 is 1.46 bits per heavy atom. The van der Waals surface area contributed by atoms with Crippen LogP contribution in [0.25, 0.3) is 0 Å². The van der Waals surface area contributed by atoms with Crippen LogP contribution in [0, 0.1) is 5.41 Å². The number of carbonyl (C=O) groups excluding carboxylic acids is 1. The first kappa shape index (κ1) is 10.5. The third-order valence-corrected chi connectivity index (χ3v) is 3.12. The van der Waals surface area contributed by atoms with Crippen molar-refractivity contribution in [2.75, 3.05) is 19.6 Å². The molecule has 3 nitrogen and oxygen atoms in total. The molecule has 0 unspecified atom stereocenters. The lowest BCUT2D eigenvalue weighted by molar-refractivity contribution is -0.132. The lowest BCUT2D eigenvalue weighted by Gasteiger charge is -2.38. The fourth-order valence-corrected chi connectivity index (χ4v) is 1.72. The van der Waals surface area contributed by atoms with Crippen LogP contribution < -0.4 is 5.73 Å². The molecule has 1 rings (SSSR count). The lowest BCUT2D eigenvalue weighted by atomic mass is 9.80. The predicted molar refractivity (Wildman–Crippen MR) is 53.3 cm³/mol. The first-order valence-electron chi connectivity index (χ1n) is 5.09. The van der Waals surface area contributed by atoms with Crippen LogP contribution >= 0.6 is 0 Å². The summed E-state index contributed by atoms with van der Waals surface area (Å²) in [7, 11) is 0. The zero-order valence-corrected chi connectivity index (χ0v) is 8.68. The summed E-state index contributed by atoms with van der Waals surface area (Å²) in [5.41, 5.74) is 5.96. The van der Waals surface area contributed by atoms with Crippen molar-refractivity contribution in [3.63, 3.8) is 0 Å². The van der Waals surface area contributed by atoms with E-state index in [1.54, 1.807) is 0 Å². The molecule has 0 bridgehead atoms. The smallest absolute Gasteiger partial charge is 0.222 e. The molecule has 0 spiro atoms. The van der Waals surface area contributed by atoms with Crippen molar-refractivity contribution in [2.24, 2.45) is 11.1 Å². The monoisotopic (exact) mass is 184 g/mol. The van der Waals surface area contributed by atoms with Gasteiger partial charge in [0.25, 0.3) is 0 Å². The Morgan fingerprint density at radius 3 is 2.38 bits per heavy atom. The molecule has 0 saturated carbocycles. The van der Waals surface area contributed by atoms with Gasteiger partial charge in [-0.2, -0.15) is 0 Å². The van der Waals surface area contributed by atoms with Crippen LogP contribution in [0.15, 0.2) is 0 Å². The quantitative estimate of drug-likeness (QED) is 0.695. The van der Waals surface area contributed by atoms with Gasteiger partial charge in [-0.25, -0.2) is 0 Å². The van der Waals surface area contributed by atoms with E-state index < -0.39 is 0 Å². The molecule has 0 aromatic carbocycles. The summed E-state index contributed by atoms with van der Waals surface area (Å²) in [6, 6.07) is 0. The van der Waals surface area contributed by atoms with Crippen LogP contribution in [-0.4, -0.2) is 30.4 Å². The van der Waals surface area contributed by atoms with Crippen LogP contribution in [0.5, 0.6) is 0 Å². The number of nitrogens with zero attached hydrogens (tertiary/aromatic N) is 1. The number of piperidine rings is 1. The highest BCUT2D eigenvalue weighted by Gasteiger charge is 2.29. The molecule has 3 heteroatoms. The maximum atomic E-state index is 11.4. The number of rotatable bonds is 2. The molecule has 2 N–H and O–H groups in total. The molecule has 1 saturated heterocycles. The van der Waals surface area contributed by atoms with E-state index in [1.807, 2.05) is 11.8 Å². The number of amides is 1. The van der Waals surface area contributed by atoms with E-state index >= 15 is 0 Å². The molecule has 0 aromatic heterocycles. The van der Waals surface area contributed by atoms with Gasteiger partial charge >= 0.3 is 0 Å². The Kier molecular flexibility index (Phi) is 3.31. The minimum Gasteiger partial charge on any atom is -0.343 e.